The Balaban J connectivity index is 1.63. The molecular formula is C21H16N2O2S3. The number of para-hydroxylation sites is 1. The van der Waals surface area contributed by atoms with E-state index in [1.807, 2.05) is 47.8 Å². The van der Waals surface area contributed by atoms with Gasteiger partial charge in [0.15, 0.2) is 10.9 Å². The Hall–Kier alpha value is -2.22. The summed E-state index contributed by atoms with van der Waals surface area (Å²) in [6.07, 6.45) is 3.08. The number of rotatable bonds is 5. The van der Waals surface area contributed by atoms with Crippen molar-refractivity contribution in [1.82, 2.24) is 9.55 Å². The third kappa shape index (κ3) is 3.03. The van der Waals surface area contributed by atoms with Gasteiger partial charge in [0, 0.05) is 4.88 Å². The number of aryl methyl sites for hydroxylation is 2. The average Bonchev–Trinajstić information content (AvgIpc) is 3.44. The molecule has 0 spiro atoms. The minimum atomic E-state index is -0.0262. The van der Waals surface area contributed by atoms with E-state index in [2.05, 4.69) is 0 Å². The molecule has 4 nitrogen and oxygen atoms in total. The van der Waals surface area contributed by atoms with Crippen LogP contribution >= 0.6 is 34.4 Å². The first-order valence-corrected chi connectivity index (χ1v) is 11.7. The zero-order valence-corrected chi connectivity index (χ0v) is 17.3. The number of carbonyl (C=O) groups is 1. The first-order chi connectivity index (χ1) is 13.7. The predicted octanol–water partition coefficient (Wildman–Crippen LogP) is 4.97. The molecule has 0 aliphatic heterocycles. The van der Waals surface area contributed by atoms with Crippen LogP contribution in [0.1, 0.15) is 26.5 Å². The molecule has 3 aromatic heterocycles. The summed E-state index contributed by atoms with van der Waals surface area (Å²) in [7, 11) is 0. The second kappa shape index (κ2) is 7.31. The number of hydrogen-bond donors (Lipinski definition) is 0. The third-order valence-electron chi connectivity index (χ3n) is 4.85. The Kier molecular flexibility index (Phi) is 4.66. The number of ketones is 1. The van der Waals surface area contributed by atoms with Crippen molar-refractivity contribution >= 4 is 50.4 Å². The third-order valence-corrected chi connectivity index (χ3v) is 7.89. The van der Waals surface area contributed by atoms with E-state index in [0.29, 0.717) is 5.16 Å². The van der Waals surface area contributed by atoms with Crippen LogP contribution in [0.5, 0.6) is 0 Å². The monoisotopic (exact) mass is 424 g/mol. The topological polar surface area (TPSA) is 52.0 Å². The molecule has 0 saturated heterocycles. The van der Waals surface area contributed by atoms with Crippen molar-refractivity contribution in [3.63, 3.8) is 0 Å². The van der Waals surface area contributed by atoms with E-state index in [0.717, 1.165) is 40.0 Å². The van der Waals surface area contributed by atoms with Gasteiger partial charge in [-0.2, -0.15) is 0 Å². The fourth-order valence-electron chi connectivity index (χ4n) is 3.56. The van der Waals surface area contributed by atoms with Crippen LogP contribution in [0.4, 0.5) is 0 Å². The highest BCUT2D eigenvalue weighted by Crippen LogP contribution is 2.36. The van der Waals surface area contributed by atoms with E-state index in [4.69, 9.17) is 4.98 Å². The molecule has 0 amide bonds. The molecule has 28 heavy (non-hydrogen) atoms. The number of fused-ring (bicyclic) bond motifs is 3. The van der Waals surface area contributed by atoms with Crippen LogP contribution in [0.2, 0.25) is 0 Å². The number of benzene rings is 1. The van der Waals surface area contributed by atoms with E-state index in [1.54, 1.807) is 15.9 Å². The molecule has 1 aromatic carbocycles. The number of Topliss-reactive ketones (excluding diaryl/α,β-unsaturated/α-hetero) is 1. The maximum absolute atomic E-state index is 13.5. The number of thioether (sulfide) groups is 1. The Bertz CT molecular complexity index is 1220. The predicted molar refractivity (Wildman–Crippen MR) is 117 cm³/mol. The Morgan fingerprint density at radius 2 is 2.00 bits per heavy atom. The molecule has 0 saturated carbocycles. The summed E-state index contributed by atoms with van der Waals surface area (Å²) in [5, 5.41) is 3.23. The van der Waals surface area contributed by atoms with Crippen molar-refractivity contribution in [2.24, 2.45) is 0 Å². The molecule has 1 aliphatic rings. The van der Waals surface area contributed by atoms with E-state index >= 15 is 0 Å². The lowest BCUT2D eigenvalue weighted by molar-refractivity contribution is 0.102. The van der Waals surface area contributed by atoms with Crippen LogP contribution in [-0.2, 0) is 12.8 Å². The summed E-state index contributed by atoms with van der Waals surface area (Å²) in [6.45, 7) is 0. The van der Waals surface area contributed by atoms with Crippen LogP contribution in [0, 0.1) is 0 Å². The van der Waals surface area contributed by atoms with Crippen LogP contribution < -0.4 is 5.56 Å². The molecule has 5 rings (SSSR count). The summed E-state index contributed by atoms with van der Waals surface area (Å²) in [5.41, 5.74) is 1.93. The van der Waals surface area contributed by atoms with Crippen molar-refractivity contribution in [3.8, 4) is 5.69 Å². The molecule has 4 aromatic rings. The SMILES string of the molecule is O=C(CSc1nc2sc3c(c2c(=O)n1-c1ccccc1)CCC3)c1cccs1. The second-order valence-electron chi connectivity index (χ2n) is 6.60. The van der Waals surface area contributed by atoms with Gasteiger partial charge < -0.3 is 0 Å². The van der Waals surface area contributed by atoms with Crippen LogP contribution in [0.15, 0.2) is 57.8 Å². The maximum atomic E-state index is 13.5. The van der Waals surface area contributed by atoms with Gasteiger partial charge >= 0.3 is 0 Å². The fourth-order valence-corrected chi connectivity index (χ4v) is 6.52. The number of carbonyl (C=O) groups excluding carboxylic acids is 1. The van der Waals surface area contributed by atoms with Gasteiger partial charge in [0.25, 0.3) is 5.56 Å². The highest BCUT2D eigenvalue weighted by molar-refractivity contribution is 7.99. The Morgan fingerprint density at radius 3 is 2.79 bits per heavy atom. The smallest absolute Gasteiger partial charge is 0.267 e. The van der Waals surface area contributed by atoms with Gasteiger partial charge in [-0.05, 0) is 48.4 Å². The zero-order chi connectivity index (χ0) is 19.1. The lowest BCUT2D eigenvalue weighted by Crippen LogP contribution is -2.22. The summed E-state index contributed by atoms with van der Waals surface area (Å²) in [6, 6.07) is 13.3. The molecule has 7 heteroatoms. The summed E-state index contributed by atoms with van der Waals surface area (Å²) >= 11 is 4.40. The number of thiophene rings is 2. The van der Waals surface area contributed by atoms with Crippen LogP contribution in [0.3, 0.4) is 0 Å². The fraction of sp³-hybridized carbons (Fsp3) is 0.190. The number of nitrogens with zero attached hydrogens (tertiary/aromatic N) is 2. The van der Waals surface area contributed by atoms with Gasteiger partial charge in [-0.25, -0.2) is 4.98 Å². The van der Waals surface area contributed by atoms with Crippen LogP contribution in [0.25, 0.3) is 15.9 Å². The van der Waals surface area contributed by atoms with E-state index < -0.39 is 0 Å². The molecule has 140 valence electrons. The molecule has 1 aliphatic carbocycles. The molecule has 0 radical (unpaired) electrons. The molecule has 0 unspecified atom stereocenters. The summed E-state index contributed by atoms with van der Waals surface area (Å²) in [4.78, 5) is 33.6. The van der Waals surface area contributed by atoms with Crippen LogP contribution in [-0.4, -0.2) is 21.1 Å². The zero-order valence-electron chi connectivity index (χ0n) is 14.9. The van der Waals surface area contributed by atoms with Crippen molar-refractivity contribution in [2.45, 2.75) is 24.4 Å². The van der Waals surface area contributed by atoms with Gasteiger partial charge in [0.1, 0.15) is 4.83 Å². The molecule has 0 N–H and O–H groups in total. The Morgan fingerprint density at radius 1 is 1.14 bits per heavy atom. The van der Waals surface area contributed by atoms with E-state index in [9.17, 15) is 9.59 Å². The maximum Gasteiger partial charge on any atom is 0.267 e. The van der Waals surface area contributed by atoms with Crippen molar-refractivity contribution < 1.29 is 4.79 Å². The van der Waals surface area contributed by atoms with Gasteiger partial charge in [-0.3, -0.25) is 14.2 Å². The van der Waals surface area contributed by atoms with Gasteiger partial charge in [-0.15, -0.1) is 22.7 Å². The highest BCUT2D eigenvalue weighted by atomic mass is 32.2. The van der Waals surface area contributed by atoms with E-state index in [1.165, 1.54) is 33.5 Å². The van der Waals surface area contributed by atoms with Crippen molar-refractivity contribution in [2.75, 3.05) is 5.75 Å². The number of hydrogen-bond acceptors (Lipinski definition) is 6. The normalized spacial score (nSPS) is 13.1. The Labute approximate surface area is 173 Å². The molecule has 3 heterocycles. The molecule has 0 bridgehead atoms. The quantitative estimate of drug-likeness (QED) is 0.258. The lowest BCUT2D eigenvalue weighted by Gasteiger charge is -2.12. The first kappa shape index (κ1) is 17.8. The highest BCUT2D eigenvalue weighted by Gasteiger charge is 2.24. The standard InChI is InChI=1S/C21H16N2O2S3/c24-15(17-10-5-11-26-17)12-27-21-22-19-18(14-8-4-9-16(14)28-19)20(25)23(21)13-6-2-1-3-7-13/h1-3,5-7,10-11H,4,8-9,12H2. The largest absolute Gasteiger partial charge is 0.292 e. The summed E-state index contributed by atoms with van der Waals surface area (Å²) < 4.78 is 1.67. The van der Waals surface area contributed by atoms with Crippen molar-refractivity contribution in [3.05, 3.63) is 73.5 Å². The van der Waals surface area contributed by atoms with E-state index in [-0.39, 0.29) is 17.1 Å². The molecule has 0 fully saturated rings. The first-order valence-electron chi connectivity index (χ1n) is 9.04. The number of aromatic nitrogens is 2. The summed E-state index contributed by atoms with van der Waals surface area (Å²) in [5.74, 6) is 0.318. The van der Waals surface area contributed by atoms with Crippen molar-refractivity contribution in [1.29, 1.82) is 0 Å². The van der Waals surface area contributed by atoms with Gasteiger partial charge in [0.05, 0.1) is 21.7 Å². The molecular weight excluding hydrogens is 408 g/mol. The van der Waals surface area contributed by atoms with Gasteiger partial charge in [0.2, 0.25) is 0 Å². The minimum Gasteiger partial charge on any atom is -0.292 e. The second-order valence-corrected chi connectivity index (χ2v) is 9.57. The lowest BCUT2D eigenvalue weighted by atomic mass is 10.2. The average molecular weight is 425 g/mol. The molecule has 0 atom stereocenters. The minimum absolute atomic E-state index is 0.0262. The van der Waals surface area contributed by atoms with Gasteiger partial charge in [-0.1, -0.05) is 36.0 Å².